The number of ether oxygens (including phenoxy) is 1. The SMILES string of the molecule is Cc1ccc(C)c(S(=O)(=O)N2CCN(C(=O)CCCOc3ccccc3)CC2)c1. The lowest BCUT2D eigenvalue weighted by molar-refractivity contribution is -0.132. The van der Waals surface area contributed by atoms with Crippen molar-refractivity contribution in [3.05, 3.63) is 59.7 Å². The maximum Gasteiger partial charge on any atom is 0.243 e. The molecule has 0 saturated carbocycles. The monoisotopic (exact) mass is 416 g/mol. The molecule has 3 rings (SSSR count). The Bertz CT molecular complexity index is 937. The Hall–Kier alpha value is -2.38. The largest absolute Gasteiger partial charge is 0.494 e. The van der Waals surface area contributed by atoms with E-state index >= 15 is 0 Å². The number of hydrogen-bond donors (Lipinski definition) is 0. The van der Waals surface area contributed by atoms with Crippen molar-refractivity contribution < 1.29 is 17.9 Å². The second-order valence-corrected chi connectivity index (χ2v) is 9.23. The van der Waals surface area contributed by atoms with Crippen LogP contribution in [0.3, 0.4) is 0 Å². The molecule has 2 aromatic carbocycles. The highest BCUT2D eigenvalue weighted by atomic mass is 32.2. The Balaban J connectivity index is 1.48. The van der Waals surface area contributed by atoms with Crippen LogP contribution in [0, 0.1) is 13.8 Å². The van der Waals surface area contributed by atoms with Crippen LogP contribution in [-0.2, 0) is 14.8 Å². The summed E-state index contributed by atoms with van der Waals surface area (Å²) in [6.45, 7) is 5.66. The van der Waals surface area contributed by atoms with E-state index in [0.717, 1.165) is 16.9 Å². The van der Waals surface area contributed by atoms with Crippen LogP contribution in [0.4, 0.5) is 0 Å². The number of piperazine rings is 1. The molecule has 0 N–H and O–H groups in total. The number of aryl methyl sites for hydroxylation is 2. The Morgan fingerprint density at radius 1 is 1.00 bits per heavy atom. The van der Waals surface area contributed by atoms with Gasteiger partial charge < -0.3 is 9.64 Å². The highest BCUT2D eigenvalue weighted by Gasteiger charge is 2.30. The summed E-state index contributed by atoms with van der Waals surface area (Å²) in [4.78, 5) is 14.5. The maximum atomic E-state index is 13.0. The summed E-state index contributed by atoms with van der Waals surface area (Å²) in [6, 6.07) is 15.0. The molecule has 0 unspecified atom stereocenters. The van der Waals surface area contributed by atoms with Gasteiger partial charge in [0.05, 0.1) is 11.5 Å². The molecule has 1 aliphatic rings. The van der Waals surface area contributed by atoms with E-state index in [1.165, 1.54) is 4.31 Å². The van der Waals surface area contributed by atoms with Gasteiger partial charge in [0.1, 0.15) is 5.75 Å². The quantitative estimate of drug-likeness (QED) is 0.651. The lowest BCUT2D eigenvalue weighted by Gasteiger charge is -2.34. The first kappa shape index (κ1) is 21.3. The molecule has 1 saturated heterocycles. The minimum atomic E-state index is -3.54. The molecular formula is C22H28N2O4S. The van der Waals surface area contributed by atoms with Gasteiger partial charge in [-0.05, 0) is 49.6 Å². The van der Waals surface area contributed by atoms with Gasteiger partial charge in [-0.1, -0.05) is 30.3 Å². The molecule has 1 aliphatic heterocycles. The second-order valence-electron chi connectivity index (χ2n) is 7.32. The first-order valence-corrected chi connectivity index (χ1v) is 11.3. The molecule has 0 atom stereocenters. The van der Waals surface area contributed by atoms with E-state index < -0.39 is 10.0 Å². The van der Waals surface area contributed by atoms with E-state index in [1.807, 2.05) is 56.3 Å². The third-order valence-corrected chi connectivity index (χ3v) is 7.14. The van der Waals surface area contributed by atoms with Crippen LogP contribution in [0.25, 0.3) is 0 Å². The van der Waals surface area contributed by atoms with E-state index in [1.54, 1.807) is 11.0 Å². The topological polar surface area (TPSA) is 66.9 Å². The molecule has 29 heavy (non-hydrogen) atoms. The van der Waals surface area contributed by atoms with Gasteiger partial charge in [0.2, 0.25) is 15.9 Å². The standard InChI is InChI=1S/C22H28N2O4S/c1-18-10-11-19(2)21(17-18)29(26,27)24-14-12-23(13-15-24)22(25)9-6-16-28-20-7-4-3-5-8-20/h3-5,7-8,10-11,17H,6,9,12-16H2,1-2H3. The van der Waals surface area contributed by atoms with Gasteiger partial charge in [-0.2, -0.15) is 4.31 Å². The predicted molar refractivity (Wildman–Crippen MR) is 112 cm³/mol. The highest BCUT2D eigenvalue weighted by molar-refractivity contribution is 7.89. The van der Waals surface area contributed by atoms with Gasteiger partial charge in [-0.3, -0.25) is 4.79 Å². The van der Waals surface area contributed by atoms with Crippen LogP contribution in [-0.4, -0.2) is 56.3 Å². The number of benzene rings is 2. The molecule has 1 fully saturated rings. The molecule has 6 nitrogen and oxygen atoms in total. The lowest BCUT2D eigenvalue weighted by atomic mass is 10.2. The molecule has 0 radical (unpaired) electrons. The normalized spacial score (nSPS) is 15.3. The minimum Gasteiger partial charge on any atom is -0.494 e. The van der Waals surface area contributed by atoms with Crippen molar-refractivity contribution in [2.45, 2.75) is 31.6 Å². The zero-order chi connectivity index (χ0) is 20.9. The number of rotatable bonds is 7. The second kappa shape index (κ2) is 9.41. The third kappa shape index (κ3) is 5.36. The average molecular weight is 417 g/mol. The Morgan fingerprint density at radius 2 is 1.69 bits per heavy atom. The zero-order valence-electron chi connectivity index (χ0n) is 17.0. The molecule has 0 aromatic heterocycles. The summed E-state index contributed by atoms with van der Waals surface area (Å²) >= 11 is 0. The van der Waals surface area contributed by atoms with Gasteiger partial charge in [-0.15, -0.1) is 0 Å². The number of amides is 1. The van der Waals surface area contributed by atoms with Crippen LogP contribution in [0.15, 0.2) is 53.4 Å². The predicted octanol–water partition coefficient (Wildman–Crippen LogP) is 3.00. The van der Waals surface area contributed by atoms with E-state index in [0.29, 0.717) is 50.5 Å². The van der Waals surface area contributed by atoms with Crippen LogP contribution in [0.5, 0.6) is 5.75 Å². The van der Waals surface area contributed by atoms with Crippen molar-refractivity contribution in [1.82, 2.24) is 9.21 Å². The summed E-state index contributed by atoms with van der Waals surface area (Å²) in [5.74, 6) is 0.843. The van der Waals surface area contributed by atoms with Gasteiger partial charge >= 0.3 is 0 Å². The zero-order valence-corrected chi connectivity index (χ0v) is 17.8. The molecular weight excluding hydrogens is 388 g/mol. The Kier molecular flexibility index (Phi) is 6.92. The van der Waals surface area contributed by atoms with Crippen molar-refractivity contribution in [3.63, 3.8) is 0 Å². The molecule has 1 heterocycles. The van der Waals surface area contributed by atoms with Crippen molar-refractivity contribution >= 4 is 15.9 Å². The molecule has 2 aromatic rings. The van der Waals surface area contributed by atoms with Crippen LogP contribution in [0.1, 0.15) is 24.0 Å². The van der Waals surface area contributed by atoms with Crippen molar-refractivity contribution in [2.24, 2.45) is 0 Å². The van der Waals surface area contributed by atoms with Gasteiger partial charge in [0, 0.05) is 32.6 Å². The summed E-state index contributed by atoms with van der Waals surface area (Å²) in [7, 11) is -3.54. The Morgan fingerprint density at radius 3 is 2.38 bits per heavy atom. The van der Waals surface area contributed by atoms with Crippen molar-refractivity contribution in [2.75, 3.05) is 32.8 Å². The summed E-state index contributed by atoms with van der Waals surface area (Å²) in [5, 5.41) is 0. The molecule has 0 bridgehead atoms. The minimum absolute atomic E-state index is 0.0467. The third-order valence-electron chi connectivity index (χ3n) is 5.10. The Labute approximate surface area is 173 Å². The van der Waals surface area contributed by atoms with Crippen LogP contribution >= 0.6 is 0 Å². The van der Waals surface area contributed by atoms with Gasteiger partial charge in [0.15, 0.2) is 0 Å². The fraction of sp³-hybridized carbons (Fsp3) is 0.409. The molecule has 1 amide bonds. The van der Waals surface area contributed by atoms with E-state index in [2.05, 4.69) is 0 Å². The lowest BCUT2D eigenvalue weighted by Crippen LogP contribution is -2.50. The number of carbonyl (C=O) groups excluding carboxylic acids is 1. The van der Waals surface area contributed by atoms with E-state index in [-0.39, 0.29) is 5.91 Å². The first-order valence-electron chi connectivity index (χ1n) is 9.91. The maximum absolute atomic E-state index is 13.0. The van der Waals surface area contributed by atoms with Gasteiger partial charge in [0.25, 0.3) is 0 Å². The number of nitrogens with zero attached hydrogens (tertiary/aromatic N) is 2. The van der Waals surface area contributed by atoms with Crippen LogP contribution < -0.4 is 4.74 Å². The summed E-state index contributed by atoms with van der Waals surface area (Å²) in [6.07, 6.45) is 1.03. The molecule has 0 aliphatic carbocycles. The van der Waals surface area contributed by atoms with Crippen molar-refractivity contribution in [3.8, 4) is 5.75 Å². The van der Waals surface area contributed by atoms with E-state index in [9.17, 15) is 13.2 Å². The number of para-hydroxylation sites is 1. The van der Waals surface area contributed by atoms with E-state index in [4.69, 9.17) is 4.74 Å². The van der Waals surface area contributed by atoms with Crippen LogP contribution in [0.2, 0.25) is 0 Å². The number of hydrogen-bond acceptors (Lipinski definition) is 4. The first-order chi connectivity index (χ1) is 13.9. The highest BCUT2D eigenvalue weighted by Crippen LogP contribution is 2.22. The average Bonchev–Trinajstić information content (AvgIpc) is 2.73. The van der Waals surface area contributed by atoms with Gasteiger partial charge in [-0.25, -0.2) is 8.42 Å². The molecule has 156 valence electrons. The summed E-state index contributed by atoms with van der Waals surface area (Å²) in [5.41, 5.74) is 1.66. The number of sulfonamides is 1. The fourth-order valence-electron chi connectivity index (χ4n) is 3.39. The van der Waals surface area contributed by atoms with Crippen molar-refractivity contribution in [1.29, 1.82) is 0 Å². The summed E-state index contributed by atoms with van der Waals surface area (Å²) < 4.78 is 33.1. The number of carbonyl (C=O) groups is 1. The molecule has 0 spiro atoms. The molecule has 7 heteroatoms. The smallest absolute Gasteiger partial charge is 0.243 e. The fourth-order valence-corrected chi connectivity index (χ4v) is 5.12.